The number of aliphatic hydroxyl groups excluding tert-OH is 1. The molecule has 4 saturated heterocycles. The number of aliphatic hydroxyl groups is 1. The summed E-state index contributed by atoms with van der Waals surface area (Å²) in [5, 5.41) is 12.2. The molecule has 29 heteroatoms. The van der Waals surface area contributed by atoms with Crippen LogP contribution < -0.4 is 5.32 Å². The molecule has 4 fully saturated rings. The van der Waals surface area contributed by atoms with Crippen molar-refractivity contribution in [1.29, 1.82) is 0 Å². The third-order valence-electron chi connectivity index (χ3n) is 18.1. The third kappa shape index (κ3) is 18.5. The summed E-state index contributed by atoms with van der Waals surface area (Å²) in [6.07, 6.45) is 0. The summed E-state index contributed by atoms with van der Waals surface area (Å²) < 4.78 is 200. The highest BCUT2D eigenvalue weighted by atomic mass is 35.5. The lowest BCUT2D eigenvalue weighted by Crippen LogP contribution is -2.50. The average molecular weight is 1410 g/mol. The first-order valence-corrected chi connectivity index (χ1v) is 31.8. The molecule has 0 spiro atoms. The molecule has 4 aromatic rings. The number of alkyl halides is 4. The molecule has 2 N–H and O–H groups in total. The molecule has 1 unspecified atom stereocenters. The Morgan fingerprint density at radius 3 is 1.09 bits per heavy atom. The summed E-state index contributed by atoms with van der Waals surface area (Å²) in [6.45, 7) is 18.3. The van der Waals surface area contributed by atoms with Crippen LogP contribution in [0.25, 0.3) is 0 Å². The van der Waals surface area contributed by atoms with Gasteiger partial charge in [-0.25, -0.2) is 71.9 Å². The van der Waals surface area contributed by atoms with E-state index in [1.54, 1.807) is 42.4 Å². The molecule has 4 aliphatic rings. The second-order valence-electron chi connectivity index (χ2n) is 26.3. The van der Waals surface area contributed by atoms with E-state index in [0.717, 1.165) is 70.9 Å². The first kappa shape index (κ1) is 83.4. The van der Waals surface area contributed by atoms with Crippen molar-refractivity contribution in [3.05, 3.63) is 142 Å². The van der Waals surface area contributed by atoms with E-state index in [9.17, 15) is 63.8 Å². The summed E-state index contributed by atoms with van der Waals surface area (Å²) >= 11 is 0. The third-order valence-corrected chi connectivity index (χ3v) is 21.2. The molecule has 0 aromatic heterocycles. The number of carbonyl (C=O) groups excluding carboxylic acids is 4. The van der Waals surface area contributed by atoms with Crippen LogP contribution in [0.3, 0.4) is 0 Å². The molecular weight excluding hydrogens is 1320 g/mol. The number of esters is 4. The fourth-order valence-electron chi connectivity index (χ4n) is 11.4. The molecule has 4 aromatic carbocycles. The zero-order valence-electron chi connectivity index (χ0n) is 55.2. The van der Waals surface area contributed by atoms with Crippen LogP contribution in [-0.4, -0.2) is 193 Å². The molecule has 9 atom stereocenters. The van der Waals surface area contributed by atoms with Crippen molar-refractivity contribution in [1.82, 2.24) is 20.0 Å². The Hall–Kier alpha value is -5.85. The monoisotopic (exact) mass is 1400 g/mol. The maximum atomic E-state index is 15.9. The predicted octanol–water partition coefficient (Wildman–Crippen LogP) is 11.4. The van der Waals surface area contributed by atoms with Gasteiger partial charge in [0.1, 0.15) is 52.3 Å². The second kappa shape index (κ2) is 32.7. The van der Waals surface area contributed by atoms with Crippen molar-refractivity contribution in [2.45, 2.75) is 144 Å². The van der Waals surface area contributed by atoms with E-state index in [0.29, 0.717) is 30.9 Å². The number of hydrogen-bond acceptors (Lipinski definition) is 15. The van der Waals surface area contributed by atoms with Gasteiger partial charge in [0.05, 0.1) is 41.7 Å². The Labute approximate surface area is 555 Å². The zero-order valence-corrected chi connectivity index (χ0v) is 57.2. The highest BCUT2D eigenvalue weighted by Crippen LogP contribution is 2.47. The van der Waals surface area contributed by atoms with Crippen molar-refractivity contribution in [3.63, 3.8) is 0 Å². The van der Waals surface area contributed by atoms with Crippen molar-refractivity contribution >= 4 is 45.3 Å². The molecule has 4 heterocycles. The Kier molecular flexibility index (Phi) is 28.7. The van der Waals surface area contributed by atoms with Gasteiger partial charge in [-0.15, -0.1) is 12.4 Å². The van der Waals surface area contributed by atoms with Gasteiger partial charge >= 0.3 is 23.9 Å². The van der Waals surface area contributed by atoms with E-state index in [-0.39, 0.29) is 106 Å². The van der Waals surface area contributed by atoms with Crippen molar-refractivity contribution < 1.29 is 105 Å². The van der Waals surface area contributed by atoms with Crippen LogP contribution in [0.15, 0.2) is 72.8 Å². The Bertz CT molecular complexity index is 3200. The minimum absolute atomic E-state index is 0. The van der Waals surface area contributed by atoms with Gasteiger partial charge in [0.15, 0.2) is 9.04 Å². The Morgan fingerprint density at radius 1 is 0.505 bits per heavy atom. The summed E-state index contributed by atoms with van der Waals surface area (Å²) in [5.74, 6) is -15.3. The van der Waals surface area contributed by atoms with Gasteiger partial charge in [-0.1, -0.05) is 52.5 Å². The molecule has 0 aliphatic carbocycles. The molecule has 0 amide bonds. The number of likely N-dealkylation sites (tertiary alicyclic amines) is 3. The largest absolute Gasteiger partial charge is 0.467 e. The standard InChI is InChI=1S/C21H32F3NO3Si.2C16H20F3NO3.C12H12F3NO2.CH4.ClH/c1-19(2,3)29(7)28-13-20(4,5)25-11-16(21(24,12-25)18(26)27-6)15-9-8-14(22)10-17(15)23;1-15(2,23-4)20-8-12(16(19,9-20)14(21)22-3)11-6-5-10(17)7-13(11)18;1-15(2,9-21)20-7-12(16(19,8-20)14(22)23-3)11-5-4-10(17)6-13(11)18;1-18-11(17)12(15)6-16-5-9(12)8-3-2-7(13)4-10(8)14;;/h8-10,16,29H,11-13H2,1-7H3;5-7,12H,8-9H2,1-4H3;4-6,12,21H,7-9H2,1-3H3;2-4,9,16H,5-6H2,1H3;1H4;1H/t16-,21-,29?;2*12-,16-;9-,12-;;/m0000../s1. The topological polar surface area (TPSA) is 166 Å². The lowest BCUT2D eigenvalue weighted by Gasteiger charge is -2.38. The lowest BCUT2D eigenvalue weighted by atomic mass is 9.86. The molecule has 0 bridgehead atoms. The smallest absolute Gasteiger partial charge is 0.345 e. The van der Waals surface area contributed by atoms with E-state index in [2.05, 4.69) is 46.8 Å². The minimum atomic E-state index is -2.47. The maximum Gasteiger partial charge on any atom is 0.345 e. The van der Waals surface area contributed by atoms with Gasteiger partial charge in [-0.05, 0) is 99.6 Å². The van der Waals surface area contributed by atoms with Crippen molar-refractivity contribution in [2.24, 2.45) is 0 Å². The summed E-state index contributed by atoms with van der Waals surface area (Å²) in [7, 11) is 4.28. The number of methoxy groups -OCH3 is 5. The molecule has 0 radical (unpaired) electrons. The average Bonchev–Trinajstić information content (AvgIpc) is 1.63. The molecule has 95 heavy (non-hydrogen) atoms. The summed E-state index contributed by atoms with van der Waals surface area (Å²) in [4.78, 5) is 52.7. The van der Waals surface area contributed by atoms with Crippen LogP contribution in [-0.2, 0) is 47.3 Å². The molecule has 534 valence electrons. The van der Waals surface area contributed by atoms with Gasteiger partial charge in [0.2, 0.25) is 22.7 Å². The first-order chi connectivity index (χ1) is 43.0. The van der Waals surface area contributed by atoms with Gasteiger partial charge in [0.25, 0.3) is 0 Å². The highest BCUT2D eigenvalue weighted by molar-refractivity contribution is 6.53. The Balaban J connectivity index is 0.000000332. The van der Waals surface area contributed by atoms with Crippen molar-refractivity contribution in [3.8, 4) is 0 Å². The fourth-order valence-corrected chi connectivity index (χ4v) is 12.6. The predicted molar refractivity (Wildman–Crippen MR) is 336 cm³/mol. The fraction of sp³-hybridized carbons (Fsp3) is 0.576. The van der Waals surface area contributed by atoms with E-state index in [4.69, 9.17) is 13.9 Å². The SMILES string of the molecule is C.COC(=O)[C@]1(F)CN(C(C)(C)CO)C[C@H]1c1ccc(F)cc1F.COC(=O)[C@]1(F)CN(C(C)(C)CO[SiH](C)C(C)(C)C)C[C@H]1c1ccc(F)cc1F.COC(=O)[C@]1(F)CN(C(C)(C)OC)C[C@H]1c1ccc(F)cc1F.COC(=O)[C@]1(F)CNC[C@H]1c1ccc(F)cc1F.Cl. The van der Waals surface area contributed by atoms with Gasteiger partial charge in [0, 0.05) is 118 Å². The lowest BCUT2D eigenvalue weighted by molar-refractivity contribution is -0.157. The van der Waals surface area contributed by atoms with Crippen LogP contribution in [0, 0.1) is 46.5 Å². The summed E-state index contributed by atoms with van der Waals surface area (Å²) in [5.41, 5.74) is -12.1. The Morgan fingerprint density at radius 2 is 0.800 bits per heavy atom. The number of rotatable bonds is 16. The number of benzene rings is 4. The van der Waals surface area contributed by atoms with E-state index in [1.165, 1.54) is 13.2 Å². The minimum Gasteiger partial charge on any atom is -0.467 e. The summed E-state index contributed by atoms with van der Waals surface area (Å²) in [6, 6.07) is 11.6. The number of nitrogens with one attached hydrogen (secondary N) is 1. The number of ether oxygens (including phenoxy) is 5. The number of hydrogen-bond donors (Lipinski definition) is 2. The van der Waals surface area contributed by atoms with Crippen LogP contribution >= 0.6 is 12.4 Å². The van der Waals surface area contributed by atoms with E-state index < -0.39 is 143 Å². The van der Waals surface area contributed by atoms with Gasteiger partial charge < -0.3 is 38.5 Å². The van der Waals surface area contributed by atoms with Crippen molar-refractivity contribution in [2.75, 3.05) is 101 Å². The van der Waals surface area contributed by atoms with E-state index >= 15 is 13.2 Å². The van der Waals surface area contributed by atoms with Crippen LogP contribution in [0.4, 0.5) is 52.7 Å². The quantitative estimate of drug-likeness (QED) is 0.0471. The second-order valence-corrected chi connectivity index (χ2v) is 29.7. The maximum absolute atomic E-state index is 15.9. The molecule has 0 saturated carbocycles. The number of nitrogens with zero attached hydrogens (tertiary/aromatic N) is 3. The molecule has 4 aliphatic heterocycles. The number of halogens is 13. The zero-order chi connectivity index (χ0) is 70.4. The first-order valence-electron chi connectivity index (χ1n) is 29.6. The normalized spacial score (nSPS) is 25.1. The molecular formula is C66H89ClF12N4O11Si. The van der Waals surface area contributed by atoms with Crippen LogP contribution in [0.5, 0.6) is 0 Å². The van der Waals surface area contributed by atoms with Crippen LogP contribution in [0.2, 0.25) is 11.6 Å². The van der Waals surface area contributed by atoms with Gasteiger partial charge in [-0.2, -0.15) is 0 Å². The van der Waals surface area contributed by atoms with E-state index in [1.807, 2.05) is 13.8 Å². The highest BCUT2D eigenvalue weighted by Gasteiger charge is 2.61. The molecule has 8 rings (SSSR count). The van der Waals surface area contributed by atoms with Gasteiger partial charge in [-0.3, -0.25) is 14.7 Å². The van der Waals surface area contributed by atoms with Crippen LogP contribution in [0.1, 0.15) is 116 Å². The molecule has 15 nitrogen and oxygen atoms in total. The number of carbonyl (C=O) groups is 4.